The highest BCUT2D eigenvalue weighted by Crippen LogP contribution is 2.35. The summed E-state index contributed by atoms with van der Waals surface area (Å²) in [5.74, 6) is 1.50. The Bertz CT molecular complexity index is 481. The number of thioether (sulfide) groups is 1. The molecule has 110 valence electrons. The van der Waals surface area contributed by atoms with Gasteiger partial charge in [-0.2, -0.15) is 0 Å². The van der Waals surface area contributed by atoms with Crippen LogP contribution >= 0.6 is 11.8 Å². The summed E-state index contributed by atoms with van der Waals surface area (Å²) in [6.07, 6.45) is 0. The van der Waals surface area contributed by atoms with Crippen molar-refractivity contribution in [3.05, 3.63) is 23.8 Å². The van der Waals surface area contributed by atoms with E-state index in [1.165, 1.54) is 16.9 Å². The van der Waals surface area contributed by atoms with Gasteiger partial charge < -0.3 is 9.80 Å². The fourth-order valence-corrected chi connectivity index (χ4v) is 3.50. The number of rotatable bonds is 5. The van der Waals surface area contributed by atoms with E-state index in [1.54, 1.807) is 11.8 Å². The van der Waals surface area contributed by atoms with Gasteiger partial charge in [0.05, 0.1) is 0 Å². The lowest BCUT2D eigenvalue weighted by Crippen LogP contribution is -2.26. The van der Waals surface area contributed by atoms with E-state index in [1.807, 2.05) is 0 Å². The zero-order valence-corrected chi connectivity index (χ0v) is 13.8. The highest BCUT2D eigenvalue weighted by Gasteiger charge is 2.23. The van der Waals surface area contributed by atoms with Gasteiger partial charge in [0, 0.05) is 36.8 Å². The smallest absolute Gasteiger partial charge is 0.160 e. The van der Waals surface area contributed by atoms with Gasteiger partial charge in [0.25, 0.3) is 0 Å². The fraction of sp³-hybridized carbons (Fsp3) is 0.562. The van der Waals surface area contributed by atoms with Gasteiger partial charge in [-0.25, -0.2) is 0 Å². The minimum atomic E-state index is 0.481. The highest BCUT2D eigenvalue weighted by atomic mass is 32.2. The van der Waals surface area contributed by atoms with Crippen LogP contribution < -0.4 is 9.80 Å². The number of amidine groups is 1. The van der Waals surface area contributed by atoms with Crippen LogP contribution in [0.2, 0.25) is 0 Å². The predicted molar refractivity (Wildman–Crippen MR) is 91.6 cm³/mol. The normalized spacial score (nSPS) is 15.2. The molecule has 0 atom stereocenters. The first-order valence-corrected chi connectivity index (χ1v) is 8.44. The summed E-state index contributed by atoms with van der Waals surface area (Å²) in [5, 5.41) is 8.81. The molecule has 1 fully saturated rings. The zero-order chi connectivity index (χ0) is 14.7. The number of nitrogens with one attached hydrogen (secondary N) is 1. The monoisotopic (exact) mass is 291 g/mol. The molecule has 3 nitrogen and oxygen atoms in total. The van der Waals surface area contributed by atoms with Gasteiger partial charge in [0.1, 0.15) is 0 Å². The van der Waals surface area contributed by atoms with Crippen LogP contribution in [0.15, 0.2) is 18.2 Å². The lowest BCUT2D eigenvalue weighted by atomic mass is 9.99. The summed E-state index contributed by atoms with van der Waals surface area (Å²) in [5.41, 5.74) is 3.83. The van der Waals surface area contributed by atoms with Crippen LogP contribution in [0, 0.1) is 5.41 Å². The van der Waals surface area contributed by atoms with E-state index in [-0.39, 0.29) is 0 Å². The molecule has 4 heteroatoms. The van der Waals surface area contributed by atoms with Crippen molar-refractivity contribution >= 4 is 28.3 Å². The Morgan fingerprint density at radius 2 is 2.00 bits per heavy atom. The molecule has 0 spiro atoms. The van der Waals surface area contributed by atoms with Gasteiger partial charge in [-0.15, -0.1) is 0 Å². The van der Waals surface area contributed by atoms with Crippen molar-refractivity contribution in [2.75, 3.05) is 35.2 Å². The summed E-state index contributed by atoms with van der Waals surface area (Å²) in [7, 11) is 0. The largest absolute Gasteiger partial charge is 0.372 e. The van der Waals surface area contributed by atoms with Gasteiger partial charge >= 0.3 is 0 Å². The average molecular weight is 291 g/mol. The van der Waals surface area contributed by atoms with Crippen LogP contribution in [0.3, 0.4) is 0 Å². The quantitative estimate of drug-likeness (QED) is 0.884. The Morgan fingerprint density at radius 1 is 1.30 bits per heavy atom. The lowest BCUT2D eigenvalue weighted by molar-refractivity contribution is 0.847. The highest BCUT2D eigenvalue weighted by molar-refractivity contribution is 8.14. The van der Waals surface area contributed by atoms with Gasteiger partial charge in [0.2, 0.25) is 0 Å². The van der Waals surface area contributed by atoms with Crippen molar-refractivity contribution in [2.24, 2.45) is 0 Å². The van der Waals surface area contributed by atoms with Gasteiger partial charge in [-0.1, -0.05) is 31.7 Å². The Labute approximate surface area is 126 Å². The van der Waals surface area contributed by atoms with E-state index >= 15 is 0 Å². The van der Waals surface area contributed by atoms with Crippen molar-refractivity contribution in [1.82, 2.24) is 0 Å². The zero-order valence-electron chi connectivity index (χ0n) is 12.9. The lowest BCUT2D eigenvalue weighted by Gasteiger charge is -2.27. The summed E-state index contributed by atoms with van der Waals surface area (Å²) < 4.78 is 0. The first kappa shape index (κ1) is 15.2. The Balaban J connectivity index is 2.44. The molecule has 1 aromatic carbocycles. The third-order valence-electron chi connectivity index (χ3n) is 3.85. The molecular formula is C16H25N3S. The Hall–Kier alpha value is -1.16. The SMILES string of the molecule is CCN(CC)c1ccc(C(C)C)c(N2CCSC2=N)c1. The number of hydrogen-bond acceptors (Lipinski definition) is 3. The van der Waals surface area contributed by atoms with E-state index in [9.17, 15) is 0 Å². The topological polar surface area (TPSA) is 30.3 Å². The molecule has 1 aliphatic rings. The molecule has 0 bridgehead atoms. The van der Waals surface area contributed by atoms with Gasteiger partial charge in [-0.05, 0) is 37.5 Å². The molecule has 1 N–H and O–H groups in total. The predicted octanol–water partition coefficient (Wildman–Crippen LogP) is 4.14. The van der Waals surface area contributed by atoms with E-state index in [2.05, 4.69) is 55.7 Å². The third-order valence-corrected chi connectivity index (χ3v) is 4.73. The van der Waals surface area contributed by atoms with Crippen molar-refractivity contribution in [1.29, 1.82) is 5.41 Å². The van der Waals surface area contributed by atoms with E-state index in [4.69, 9.17) is 5.41 Å². The number of anilines is 2. The second-order valence-electron chi connectivity index (χ2n) is 5.38. The molecule has 0 aliphatic carbocycles. The molecule has 1 aliphatic heterocycles. The number of nitrogens with zero attached hydrogens (tertiary/aromatic N) is 2. The molecule has 1 aromatic rings. The second-order valence-corrected chi connectivity index (χ2v) is 6.46. The number of benzene rings is 1. The molecule has 0 unspecified atom stereocenters. The minimum absolute atomic E-state index is 0.481. The first-order chi connectivity index (χ1) is 9.58. The van der Waals surface area contributed by atoms with Crippen LogP contribution in [-0.4, -0.2) is 30.6 Å². The summed E-state index contributed by atoms with van der Waals surface area (Å²) in [6.45, 7) is 11.8. The molecule has 0 radical (unpaired) electrons. The third kappa shape index (κ3) is 2.95. The number of hydrogen-bond donors (Lipinski definition) is 1. The summed E-state index contributed by atoms with van der Waals surface area (Å²) >= 11 is 1.64. The molecule has 2 rings (SSSR count). The Morgan fingerprint density at radius 3 is 2.50 bits per heavy atom. The molecule has 1 heterocycles. The van der Waals surface area contributed by atoms with Crippen LogP contribution in [0.5, 0.6) is 0 Å². The van der Waals surface area contributed by atoms with Crippen molar-refractivity contribution in [2.45, 2.75) is 33.6 Å². The fourth-order valence-electron chi connectivity index (χ4n) is 2.68. The minimum Gasteiger partial charge on any atom is -0.372 e. The van der Waals surface area contributed by atoms with Crippen LogP contribution in [0.4, 0.5) is 11.4 Å². The van der Waals surface area contributed by atoms with Crippen LogP contribution in [0.1, 0.15) is 39.2 Å². The summed E-state index contributed by atoms with van der Waals surface area (Å²) in [6, 6.07) is 6.73. The summed E-state index contributed by atoms with van der Waals surface area (Å²) in [4.78, 5) is 4.52. The molecule has 1 saturated heterocycles. The molecule has 0 aromatic heterocycles. The van der Waals surface area contributed by atoms with Gasteiger partial charge in [0.15, 0.2) is 5.17 Å². The maximum absolute atomic E-state index is 8.12. The Kier molecular flexibility index (Phi) is 4.97. The van der Waals surface area contributed by atoms with E-state index < -0.39 is 0 Å². The van der Waals surface area contributed by atoms with Crippen molar-refractivity contribution in [3.8, 4) is 0 Å². The molecule has 0 amide bonds. The van der Waals surface area contributed by atoms with Crippen molar-refractivity contribution in [3.63, 3.8) is 0 Å². The molecule has 0 saturated carbocycles. The second kappa shape index (κ2) is 6.53. The van der Waals surface area contributed by atoms with Crippen LogP contribution in [-0.2, 0) is 0 Å². The van der Waals surface area contributed by atoms with Gasteiger partial charge in [-0.3, -0.25) is 5.41 Å². The molecule has 20 heavy (non-hydrogen) atoms. The standard InChI is InChI=1S/C16H25N3S/c1-5-18(6-2)13-7-8-14(12(3)4)15(11-13)19-9-10-20-16(19)17/h7-8,11-12,17H,5-6,9-10H2,1-4H3. The van der Waals surface area contributed by atoms with E-state index in [0.29, 0.717) is 11.1 Å². The average Bonchev–Trinajstić information content (AvgIpc) is 2.86. The van der Waals surface area contributed by atoms with Crippen LogP contribution in [0.25, 0.3) is 0 Å². The maximum atomic E-state index is 8.12. The van der Waals surface area contributed by atoms with E-state index in [0.717, 1.165) is 25.4 Å². The van der Waals surface area contributed by atoms with Crippen molar-refractivity contribution < 1.29 is 0 Å². The maximum Gasteiger partial charge on any atom is 0.160 e. The first-order valence-electron chi connectivity index (χ1n) is 7.46. The molecular weight excluding hydrogens is 266 g/mol.